The first-order valence-electron chi connectivity index (χ1n) is 10.1. The van der Waals surface area contributed by atoms with E-state index < -0.39 is 27.5 Å². The molecule has 0 unspecified atom stereocenters. The number of anilines is 1. The van der Waals surface area contributed by atoms with Gasteiger partial charge in [0.2, 0.25) is 0 Å². The lowest BCUT2D eigenvalue weighted by Crippen LogP contribution is -2.49. The van der Waals surface area contributed by atoms with Crippen molar-refractivity contribution in [3.05, 3.63) is 29.3 Å². The lowest BCUT2D eigenvalue weighted by Gasteiger charge is -2.44. The first-order chi connectivity index (χ1) is 14.4. The molecule has 2 aliphatic heterocycles. The molecule has 1 aromatic rings. The van der Waals surface area contributed by atoms with Gasteiger partial charge in [0.15, 0.2) is 0 Å². The van der Waals surface area contributed by atoms with Gasteiger partial charge in [-0.25, -0.2) is 0 Å². The van der Waals surface area contributed by atoms with Crippen molar-refractivity contribution in [1.82, 2.24) is 8.61 Å². The maximum atomic E-state index is 13.4. The van der Waals surface area contributed by atoms with E-state index in [1.807, 2.05) is 11.8 Å². The Morgan fingerprint density at radius 2 is 2.03 bits per heavy atom. The first-order valence-corrected chi connectivity index (χ1v) is 11.5. The number of nitrogens with zero attached hydrogens (tertiary/aromatic N) is 4. The number of piperidine rings is 1. The van der Waals surface area contributed by atoms with Crippen LogP contribution in [0.25, 0.3) is 0 Å². The summed E-state index contributed by atoms with van der Waals surface area (Å²) < 4.78 is 73.9. The van der Waals surface area contributed by atoms with Gasteiger partial charge in [-0.05, 0) is 37.5 Å². The summed E-state index contributed by atoms with van der Waals surface area (Å²) in [4.78, 5) is 1.84. The predicted molar refractivity (Wildman–Crippen MR) is 110 cm³/mol. The van der Waals surface area contributed by atoms with Crippen LogP contribution >= 0.6 is 0 Å². The molecule has 0 aromatic heterocycles. The topological polar surface area (TPSA) is 76.9 Å². The summed E-state index contributed by atoms with van der Waals surface area (Å²) in [5.41, 5.74) is -1.37. The molecule has 31 heavy (non-hydrogen) atoms. The van der Waals surface area contributed by atoms with Gasteiger partial charge in [-0.2, -0.15) is 35.5 Å². The predicted octanol–water partition coefficient (Wildman–Crippen LogP) is 2.55. The number of nitriles is 1. The van der Waals surface area contributed by atoms with E-state index in [2.05, 4.69) is 0 Å². The molecule has 2 aliphatic rings. The lowest BCUT2D eigenvalue weighted by atomic mass is 9.73. The fourth-order valence-corrected chi connectivity index (χ4v) is 5.73. The molecule has 0 amide bonds. The molecule has 3 rings (SSSR count). The van der Waals surface area contributed by atoms with E-state index in [0.717, 1.165) is 6.07 Å². The van der Waals surface area contributed by atoms with Crippen molar-refractivity contribution >= 4 is 15.9 Å². The highest BCUT2D eigenvalue weighted by Gasteiger charge is 2.52. The average Bonchev–Trinajstić information content (AvgIpc) is 3.10. The van der Waals surface area contributed by atoms with Crippen molar-refractivity contribution in [3.8, 4) is 6.07 Å². The number of rotatable bonds is 6. The molecule has 172 valence electrons. The van der Waals surface area contributed by atoms with Gasteiger partial charge in [0.1, 0.15) is 0 Å². The van der Waals surface area contributed by atoms with Crippen molar-refractivity contribution in [1.29, 1.82) is 5.26 Å². The van der Waals surface area contributed by atoms with Crippen LogP contribution in [0.1, 0.15) is 24.5 Å². The second kappa shape index (κ2) is 8.58. The molecule has 1 aromatic carbocycles. The largest absolute Gasteiger partial charge is 0.417 e. The van der Waals surface area contributed by atoms with Gasteiger partial charge in [-0.1, -0.05) is 0 Å². The van der Waals surface area contributed by atoms with Crippen LogP contribution in [0.3, 0.4) is 0 Å². The Kier molecular flexibility index (Phi) is 6.58. The van der Waals surface area contributed by atoms with Crippen molar-refractivity contribution in [3.63, 3.8) is 0 Å². The minimum absolute atomic E-state index is 0.0903. The van der Waals surface area contributed by atoms with E-state index >= 15 is 0 Å². The molecule has 2 fully saturated rings. The van der Waals surface area contributed by atoms with Crippen LogP contribution in [0.5, 0.6) is 0 Å². The monoisotopic (exact) mass is 460 g/mol. The van der Waals surface area contributed by atoms with Gasteiger partial charge in [0, 0.05) is 58.0 Å². The summed E-state index contributed by atoms with van der Waals surface area (Å²) in [5.74, 6) is -0.0903. The number of ether oxygens (including phenoxy) is 1. The molecule has 0 radical (unpaired) electrons. The Balaban J connectivity index is 1.90. The Labute approximate surface area is 181 Å². The number of halogens is 3. The molecule has 0 bridgehead atoms. The Hall–Kier alpha value is -1.87. The van der Waals surface area contributed by atoms with E-state index in [-0.39, 0.29) is 17.9 Å². The van der Waals surface area contributed by atoms with Crippen molar-refractivity contribution in [2.24, 2.45) is 11.3 Å². The minimum Gasteiger partial charge on any atom is -0.381 e. The highest BCUT2D eigenvalue weighted by molar-refractivity contribution is 7.86. The smallest absolute Gasteiger partial charge is 0.381 e. The van der Waals surface area contributed by atoms with Crippen LogP contribution in [-0.4, -0.2) is 70.5 Å². The number of alkyl halides is 3. The highest BCUT2D eigenvalue weighted by Crippen LogP contribution is 2.45. The molecule has 11 heteroatoms. The van der Waals surface area contributed by atoms with Gasteiger partial charge in [-0.15, -0.1) is 0 Å². The van der Waals surface area contributed by atoms with Crippen LogP contribution in [0.4, 0.5) is 18.9 Å². The minimum atomic E-state index is -4.63. The van der Waals surface area contributed by atoms with Gasteiger partial charge in [0.25, 0.3) is 10.2 Å². The third kappa shape index (κ3) is 4.53. The number of hydrogen-bond acceptors (Lipinski definition) is 5. The zero-order valence-corrected chi connectivity index (χ0v) is 18.6. The molecular formula is C20H27F3N4O3S. The second-order valence-electron chi connectivity index (χ2n) is 8.31. The van der Waals surface area contributed by atoms with Crippen molar-refractivity contribution in [2.45, 2.75) is 19.5 Å². The summed E-state index contributed by atoms with van der Waals surface area (Å²) in [6.45, 7) is 4.28. The molecule has 0 aliphatic carbocycles. The summed E-state index contributed by atoms with van der Waals surface area (Å²) in [5, 5.41) is 9.03. The quantitative estimate of drug-likeness (QED) is 0.652. The zero-order chi connectivity index (χ0) is 23.0. The fraction of sp³-hybridized carbons (Fsp3) is 0.650. The van der Waals surface area contributed by atoms with Crippen LogP contribution < -0.4 is 4.90 Å². The molecule has 0 N–H and O–H groups in total. The number of hydrogen-bond donors (Lipinski definition) is 0. The number of benzene rings is 1. The standard InChI is InChI=1S/C20H27F3N4O3S/c1-4-30-14-19-7-8-26(11-16(19)12-27(13-19)31(28,29)25(2)3)17-6-5-15(10-24)18(9-17)20(21,22)23/h5-6,9,16H,4,7-8,11-14H2,1-3H3/t16-,19+/m1/s1. The van der Waals surface area contributed by atoms with Gasteiger partial charge < -0.3 is 9.64 Å². The lowest BCUT2D eigenvalue weighted by molar-refractivity contribution is -0.137. The third-order valence-corrected chi connectivity index (χ3v) is 8.13. The molecule has 2 heterocycles. The third-order valence-electron chi connectivity index (χ3n) is 6.28. The van der Waals surface area contributed by atoms with Crippen LogP contribution in [0.2, 0.25) is 0 Å². The summed E-state index contributed by atoms with van der Waals surface area (Å²) in [6.07, 6.45) is -4.03. The normalized spacial score (nSPS) is 25.0. The van der Waals surface area contributed by atoms with Gasteiger partial charge in [-0.3, -0.25) is 0 Å². The molecular weight excluding hydrogens is 433 g/mol. The van der Waals surface area contributed by atoms with E-state index in [1.54, 1.807) is 6.07 Å². The van der Waals surface area contributed by atoms with Gasteiger partial charge >= 0.3 is 6.18 Å². The van der Waals surface area contributed by atoms with E-state index in [4.69, 9.17) is 10.00 Å². The summed E-state index contributed by atoms with van der Waals surface area (Å²) in [6, 6.07) is 5.32. The average molecular weight is 461 g/mol. The Morgan fingerprint density at radius 1 is 1.32 bits per heavy atom. The van der Waals surface area contributed by atoms with E-state index in [1.165, 1.54) is 34.8 Å². The van der Waals surface area contributed by atoms with Crippen molar-refractivity contribution in [2.75, 3.05) is 58.4 Å². The molecule has 2 saturated heterocycles. The molecule has 7 nitrogen and oxygen atoms in total. The maximum Gasteiger partial charge on any atom is 0.417 e. The van der Waals surface area contributed by atoms with Crippen LogP contribution in [0, 0.1) is 22.7 Å². The Morgan fingerprint density at radius 3 is 2.61 bits per heavy atom. The SMILES string of the molecule is CCOC[C@@]12CCN(c3ccc(C#N)c(C(F)(F)F)c3)C[C@@H]1CN(S(=O)(=O)N(C)C)C2. The van der Waals surface area contributed by atoms with E-state index in [9.17, 15) is 21.6 Å². The highest BCUT2D eigenvalue weighted by atomic mass is 32.2. The number of fused-ring (bicyclic) bond motifs is 1. The second-order valence-corrected chi connectivity index (χ2v) is 10.5. The molecule has 0 spiro atoms. The summed E-state index contributed by atoms with van der Waals surface area (Å²) >= 11 is 0. The van der Waals surface area contributed by atoms with Crippen LogP contribution in [-0.2, 0) is 21.1 Å². The van der Waals surface area contributed by atoms with Crippen LogP contribution in [0.15, 0.2) is 18.2 Å². The van der Waals surface area contributed by atoms with Gasteiger partial charge in [0.05, 0.1) is 23.8 Å². The van der Waals surface area contributed by atoms with Crippen molar-refractivity contribution < 1.29 is 26.3 Å². The fourth-order valence-electron chi connectivity index (χ4n) is 4.48. The molecule has 2 atom stereocenters. The van der Waals surface area contributed by atoms with E-state index in [0.29, 0.717) is 45.0 Å². The molecule has 0 saturated carbocycles. The Bertz CT molecular complexity index is 961. The first kappa shape index (κ1) is 23.8. The zero-order valence-electron chi connectivity index (χ0n) is 17.8. The maximum absolute atomic E-state index is 13.4. The summed E-state index contributed by atoms with van der Waals surface area (Å²) in [7, 11) is -0.647.